The van der Waals surface area contributed by atoms with Crippen LogP contribution in [0.5, 0.6) is 0 Å². The molecule has 8 aromatic carbocycles. The summed E-state index contributed by atoms with van der Waals surface area (Å²) in [4.78, 5) is 0. The van der Waals surface area contributed by atoms with Crippen molar-refractivity contribution in [3.05, 3.63) is 182 Å². The van der Waals surface area contributed by atoms with Crippen molar-refractivity contribution in [2.75, 3.05) is 0 Å². The molecule has 0 spiro atoms. The molecule has 48 heavy (non-hydrogen) atoms. The molecule has 224 valence electrons. The lowest BCUT2D eigenvalue weighted by Gasteiger charge is -2.14. The average Bonchev–Trinajstić information content (AvgIpc) is 3.65. The zero-order chi connectivity index (χ0) is 31.6. The van der Waals surface area contributed by atoms with Gasteiger partial charge in [0.15, 0.2) is 0 Å². The van der Waals surface area contributed by atoms with Gasteiger partial charge in [-0.05, 0) is 93.7 Å². The van der Waals surface area contributed by atoms with Gasteiger partial charge in [0.2, 0.25) is 0 Å². The van der Waals surface area contributed by atoms with E-state index >= 15 is 0 Å². The third kappa shape index (κ3) is 4.13. The van der Waals surface area contributed by atoms with Gasteiger partial charge in [0.25, 0.3) is 0 Å². The molecule has 2 nitrogen and oxygen atoms in total. The van der Waals surface area contributed by atoms with Crippen LogP contribution in [0.3, 0.4) is 0 Å². The molecule has 0 fully saturated rings. The highest BCUT2D eigenvalue weighted by Crippen LogP contribution is 2.41. The lowest BCUT2D eigenvalue weighted by Crippen LogP contribution is -1.96. The topological polar surface area (TPSA) is 9.86 Å². The van der Waals surface area contributed by atoms with Crippen molar-refractivity contribution in [2.45, 2.75) is 0 Å². The predicted molar refractivity (Wildman–Crippen MR) is 203 cm³/mol. The summed E-state index contributed by atoms with van der Waals surface area (Å²) in [5.41, 5.74) is 12.0. The van der Waals surface area contributed by atoms with E-state index in [1.54, 1.807) is 0 Å². The predicted octanol–water partition coefficient (Wildman–Crippen LogP) is 12.4. The fraction of sp³-hybridized carbons (Fsp3) is 0. The van der Waals surface area contributed by atoms with Crippen LogP contribution < -0.4 is 0 Å². The minimum atomic E-state index is 1.15. The molecule has 10 aromatic rings. The van der Waals surface area contributed by atoms with Crippen LogP contribution in [-0.4, -0.2) is 9.13 Å². The normalized spacial score (nSPS) is 11.8. The van der Waals surface area contributed by atoms with Crippen LogP contribution in [0, 0.1) is 0 Å². The second kappa shape index (κ2) is 10.6. The molecule has 0 saturated heterocycles. The lowest BCUT2D eigenvalue weighted by atomic mass is 9.98. The van der Waals surface area contributed by atoms with Crippen molar-refractivity contribution in [2.24, 2.45) is 0 Å². The summed E-state index contributed by atoms with van der Waals surface area (Å²) >= 11 is 0. The molecule has 2 heterocycles. The molecule has 0 N–H and O–H groups in total. The van der Waals surface area contributed by atoms with Crippen LogP contribution in [0.1, 0.15) is 0 Å². The van der Waals surface area contributed by atoms with E-state index in [4.69, 9.17) is 0 Å². The SMILES string of the molecule is c1ccc(-c2cc(-c3ccccc3)cc(-n3c4ccccc4c4cc5c(cc43)c3cc4ccccc4cc3n5-c3ccccc3)c2)cc1. The van der Waals surface area contributed by atoms with E-state index in [1.165, 1.54) is 82.3 Å². The van der Waals surface area contributed by atoms with Gasteiger partial charge in [-0.2, -0.15) is 0 Å². The van der Waals surface area contributed by atoms with Gasteiger partial charge in [-0.15, -0.1) is 0 Å². The summed E-state index contributed by atoms with van der Waals surface area (Å²) in [7, 11) is 0. The van der Waals surface area contributed by atoms with Crippen molar-refractivity contribution < 1.29 is 0 Å². The van der Waals surface area contributed by atoms with Gasteiger partial charge < -0.3 is 9.13 Å². The molecule has 2 heteroatoms. The largest absolute Gasteiger partial charge is 0.309 e. The van der Waals surface area contributed by atoms with E-state index in [1.807, 2.05) is 0 Å². The second-order valence-electron chi connectivity index (χ2n) is 12.6. The lowest BCUT2D eigenvalue weighted by molar-refractivity contribution is 1.18. The molecule has 0 bridgehead atoms. The van der Waals surface area contributed by atoms with E-state index < -0.39 is 0 Å². The van der Waals surface area contributed by atoms with Gasteiger partial charge in [0.1, 0.15) is 0 Å². The van der Waals surface area contributed by atoms with E-state index in [2.05, 4.69) is 191 Å². The van der Waals surface area contributed by atoms with Gasteiger partial charge >= 0.3 is 0 Å². The first-order chi connectivity index (χ1) is 23.8. The Morgan fingerprint density at radius 2 is 0.708 bits per heavy atom. The molecular formula is C46H30N2. The van der Waals surface area contributed by atoms with Crippen LogP contribution in [0.4, 0.5) is 0 Å². The summed E-state index contributed by atoms with van der Waals surface area (Å²) in [5.74, 6) is 0. The summed E-state index contributed by atoms with van der Waals surface area (Å²) in [6.07, 6.45) is 0. The minimum Gasteiger partial charge on any atom is -0.309 e. The number of nitrogens with zero attached hydrogens (tertiary/aromatic N) is 2. The standard InChI is InChI=1S/C46H30N2/c1-4-14-31(15-5-1)35-24-36(32-16-6-2-7-17-32)26-38(25-35)48-43-23-13-12-22-39(43)41-29-46-42(30-45(41)48)40-27-33-18-10-11-19-34(33)28-44(40)47(46)37-20-8-3-9-21-37/h1-30H. The number of aromatic nitrogens is 2. The van der Waals surface area contributed by atoms with E-state index in [0.717, 1.165) is 5.69 Å². The molecule has 0 saturated carbocycles. The quantitative estimate of drug-likeness (QED) is 0.188. The zero-order valence-electron chi connectivity index (χ0n) is 26.2. The molecule has 0 radical (unpaired) electrons. The minimum absolute atomic E-state index is 1.15. The average molecular weight is 611 g/mol. The van der Waals surface area contributed by atoms with E-state index in [9.17, 15) is 0 Å². The number of hydrogen-bond acceptors (Lipinski definition) is 0. The molecule has 10 rings (SSSR count). The summed E-state index contributed by atoms with van der Waals surface area (Å²) < 4.78 is 4.90. The van der Waals surface area contributed by atoms with E-state index in [0.29, 0.717) is 0 Å². The molecule has 0 aliphatic carbocycles. The Kier molecular flexibility index (Phi) is 5.91. The number of fused-ring (bicyclic) bond motifs is 7. The first-order valence-corrected chi connectivity index (χ1v) is 16.5. The van der Waals surface area contributed by atoms with Crippen LogP contribution in [0.2, 0.25) is 0 Å². The highest BCUT2D eigenvalue weighted by atomic mass is 15.0. The summed E-state index contributed by atoms with van der Waals surface area (Å²) in [6.45, 7) is 0. The maximum atomic E-state index is 2.47. The third-order valence-electron chi connectivity index (χ3n) is 9.83. The van der Waals surface area contributed by atoms with Gasteiger partial charge in [-0.25, -0.2) is 0 Å². The summed E-state index contributed by atoms with van der Waals surface area (Å²) in [5, 5.41) is 7.49. The van der Waals surface area contributed by atoms with Crippen LogP contribution in [-0.2, 0) is 0 Å². The Hall–Kier alpha value is -6.38. The Balaban J connectivity index is 1.34. The molecular weight excluding hydrogens is 581 g/mol. The maximum absolute atomic E-state index is 2.47. The molecule has 2 aromatic heterocycles. The molecule has 0 unspecified atom stereocenters. The highest BCUT2D eigenvalue weighted by molar-refractivity contribution is 6.20. The van der Waals surface area contributed by atoms with Crippen LogP contribution >= 0.6 is 0 Å². The number of para-hydroxylation sites is 2. The van der Waals surface area contributed by atoms with Gasteiger partial charge in [-0.3, -0.25) is 0 Å². The second-order valence-corrected chi connectivity index (χ2v) is 12.6. The number of hydrogen-bond donors (Lipinski definition) is 0. The van der Waals surface area contributed by atoms with Gasteiger partial charge in [0.05, 0.1) is 22.1 Å². The van der Waals surface area contributed by atoms with Crippen molar-refractivity contribution in [1.29, 1.82) is 0 Å². The molecule has 0 atom stereocenters. The molecule has 0 aliphatic rings. The Labute approximate surface area is 278 Å². The Morgan fingerprint density at radius 3 is 1.35 bits per heavy atom. The first kappa shape index (κ1) is 26.8. The van der Waals surface area contributed by atoms with Crippen molar-refractivity contribution in [1.82, 2.24) is 9.13 Å². The zero-order valence-corrected chi connectivity index (χ0v) is 26.2. The monoisotopic (exact) mass is 610 g/mol. The van der Waals surface area contributed by atoms with E-state index in [-0.39, 0.29) is 0 Å². The first-order valence-electron chi connectivity index (χ1n) is 16.5. The number of benzene rings is 8. The van der Waals surface area contributed by atoms with Crippen molar-refractivity contribution in [3.8, 4) is 33.6 Å². The van der Waals surface area contributed by atoms with Crippen LogP contribution in [0.15, 0.2) is 182 Å². The van der Waals surface area contributed by atoms with Crippen LogP contribution in [0.25, 0.3) is 88.0 Å². The highest BCUT2D eigenvalue weighted by Gasteiger charge is 2.20. The fourth-order valence-electron chi connectivity index (χ4n) is 7.63. The number of rotatable bonds is 4. The summed E-state index contributed by atoms with van der Waals surface area (Å²) in [6, 6.07) is 66.3. The van der Waals surface area contributed by atoms with Gasteiger partial charge in [-0.1, -0.05) is 121 Å². The van der Waals surface area contributed by atoms with Gasteiger partial charge in [0, 0.05) is 32.9 Å². The fourth-order valence-corrected chi connectivity index (χ4v) is 7.63. The van der Waals surface area contributed by atoms with Crippen molar-refractivity contribution in [3.63, 3.8) is 0 Å². The Bertz CT molecular complexity index is 2750. The smallest absolute Gasteiger partial charge is 0.0548 e. The molecule has 0 aliphatic heterocycles. The molecule has 0 amide bonds. The maximum Gasteiger partial charge on any atom is 0.0548 e. The Morgan fingerprint density at radius 1 is 0.250 bits per heavy atom. The third-order valence-corrected chi connectivity index (χ3v) is 9.83. The van der Waals surface area contributed by atoms with Crippen molar-refractivity contribution >= 4 is 54.4 Å².